The number of nitrogens with one attached hydrogen (secondary N) is 1. The molecule has 2 aromatic carbocycles. The summed E-state index contributed by atoms with van der Waals surface area (Å²) in [6.45, 7) is 0. The van der Waals surface area contributed by atoms with Crippen molar-refractivity contribution in [3.63, 3.8) is 0 Å². The maximum Gasteiger partial charge on any atom is 0.256 e. The average Bonchev–Trinajstić information content (AvgIpc) is 2.35. The number of carbonyl (C=O) groups excluding carboxylic acids is 1. The van der Waals surface area contributed by atoms with E-state index in [-0.39, 0.29) is 16.6 Å². The summed E-state index contributed by atoms with van der Waals surface area (Å²) in [7, 11) is 0. The van der Waals surface area contributed by atoms with Gasteiger partial charge in [-0.2, -0.15) is 0 Å². The van der Waals surface area contributed by atoms with Crippen molar-refractivity contribution in [2.45, 2.75) is 0 Å². The molecule has 2 rings (SSSR count). The van der Waals surface area contributed by atoms with Crippen LogP contribution in [0.15, 0.2) is 40.9 Å². The number of hydrogen-bond donors (Lipinski definition) is 1. The zero-order valence-electron chi connectivity index (χ0n) is 9.38. The van der Waals surface area contributed by atoms with Crippen LogP contribution in [0.2, 0.25) is 5.02 Å². The Balaban J connectivity index is 2.28. The lowest BCUT2D eigenvalue weighted by Gasteiger charge is -2.08. The monoisotopic (exact) mass is 453 g/mol. The van der Waals surface area contributed by atoms with E-state index in [1.165, 1.54) is 12.1 Å². The fourth-order valence-electron chi connectivity index (χ4n) is 1.45. The maximum absolute atomic E-state index is 13.6. The molecule has 1 amide bonds. The lowest BCUT2D eigenvalue weighted by atomic mass is 10.2. The fraction of sp³-hybridized carbons (Fsp3) is 0. The first kappa shape index (κ1) is 14.7. The third kappa shape index (κ3) is 3.67. The van der Waals surface area contributed by atoms with Gasteiger partial charge in [-0.3, -0.25) is 4.79 Å². The van der Waals surface area contributed by atoms with Crippen molar-refractivity contribution in [3.8, 4) is 0 Å². The second-order valence-corrected chi connectivity index (χ2v) is 6.24. The zero-order chi connectivity index (χ0) is 14.0. The molecule has 0 spiro atoms. The van der Waals surface area contributed by atoms with Gasteiger partial charge in [-0.1, -0.05) is 11.6 Å². The molecule has 1 N–H and O–H groups in total. The zero-order valence-corrected chi connectivity index (χ0v) is 13.9. The van der Waals surface area contributed by atoms with E-state index in [1.54, 1.807) is 12.1 Å². The summed E-state index contributed by atoms with van der Waals surface area (Å²) in [5, 5.41) is 2.80. The van der Waals surface area contributed by atoms with Crippen LogP contribution in [-0.2, 0) is 0 Å². The maximum atomic E-state index is 13.6. The summed E-state index contributed by atoms with van der Waals surface area (Å²) in [5.41, 5.74) is 0.543. The van der Waals surface area contributed by atoms with E-state index in [9.17, 15) is 9.18 Å². The highest BCUT2D eigenvalue weighted by Gasteiger charge is 2.13. The Morgan fingerprint density at radius 3 is 2.68 bits per heavy atom. The third-order valence-electron chi connectivity index (χ3n) is 2.35. The van der Waals surface area contributed by atoms with Crippen LogP contribution >= 0.6 is 50.1 Å². The minimum Gasteiger partial charge on any atom is -0.319 e. The summed E-state index contributed by atoms with van der Waals surface area (Å²) < 4.78 is 15.2. The molecule has 0 radical (unpaired) electrons. The molecule has 0 bridgehead atoms. The minimum absolute atomic E-state index is 0.0974. The number of anilines is 1. The van der Waals surface area contributed by atoms with Crippen LogP contribution in [0.4, 0.5) is 10.1 Å². The van der Waals surface area contributed by atoms with Crippen LogP contribution in [0.1, 0.15) is 10.4 Å². The van der Waals surface area contributed by atoms with Gasteiger partial charge in [-0.15, -0.1) is 0 Å². The predicted octanol–water partition coefficient (Wildman–Crippen LogP) is 5.10. The van der Waals surface area contributed by atoms with Gasteiger partial charge in [0.25, 0.3) is 5.91 Å². The van der Waals surface area contributed by atoms with E-state index in [4.69, 9.17) is 11.6 Å². The summed E-state index contributed by atoms with van der Waals surface area (Å²) in [6, 6.07) is 9.45. The van der Waals surface area contributed by atoms with E-state index in [2.05, 4.69) is 43.8 Å². The van der Waals surface area contributed by atoms with Gasteiger partial charge in [0.15, 0.2) is 0 Å². The van der Waals surface area contributed by atoms with Crippen LogP contribution < -0.4 is 5.32 Å². The average molecular weight is 454 g/mol. The highest BCUT2D eigenvalue weighted by Crippen LogP contribution is 2.23. The van der Waals surface area contributed by atoms with Crippen molar-refractivity contribution in [2.24, 2.45) is 0 Å². The lowest BCUT2D eigenvalue weighted by Crippen LogP contribution is -2.13. The molecule has 0 heterocycles. The van der Waals surface area contributed by atoms with Crippen LogP contribution in [-0.4, -0.2) is 5.91 Å². The van der Waals surface area contributed by atoms with Gasteiger partial charge >= 0.3 is 0 Å². The van der Waals surface area contributed by atoms with Crippen molar-refractivity contribution < 1.29 is 9.18 Å². The van der Waals surface area contributed by atoms with Crippen molar-refractivity contribution >= 4 is 61.7 Å². The van der Waals surface area contributed by atoms with E-state index in [0.717, 1.165) is 9.64 Å². The molecule has 6 heteroatoms. The summed E-state index contributed by atoms with van der Waals surface area (Å²) >= 11 is 11.1. The number of rotatable bonds is 2. The molecule has 0 aliphatic heterocycles. The summed E-state index contributed by atoms with van der Waals surface area (Å²) in [6.07, 6.45) is 0. The number of carbonyl (C=O) groups is 1. The Labute approximate surface area is 136 Å². The predicted molar refractivity (Wildman–Crippen MR) is 86.2 cm³/mol. The third-order valence-corrected chi connectivity index (χ3v) is 3.95. The van der Waals surface area contributed by atoms with Crippen molar-refractivity contribution in [1.82, 2.24) is 0 Å². The molecule has 0 saturated carbocycles. The van der Waals surface area contributed by atoms with E-state index in [0.29, 0.717) is 10.0 Å². The molecule has 98 valence electrons. The fourth-order valence-corrected chi connectivity index (χ4v) is 2.53. The quantitative estimate of drug-likeness (QED) is 0.629. The van der Waals surface area contributed by atoms with Gasteiger partial charge in [0.2, 0.25) is 0 Å². The van der Waals surface area contributed by atoms with Gasteiger partial charge in [0, 0.05) is 13.1 Å². The molecular formula is C13H7BrClFINO. The largest absolute Gasteiger partial charge is 0.319 e. The highest BCUT2D eigenvalue weighted by atomic mass is 127. The van der Waals surface area contributed by atoms with Crippen molar-refractivity contribution in [3.05, 3.63) is 60.8 Å². The first-order chi connectivity index (χ1) is 8.97. The molecule has 0 saturated heterocycles. The number of amides is 1. The van der Waals surface area contributed by atoms with Gasteiger partial charge in [0.1, 0.15) is 5.82 Å². The summed E-state index contributed by atoms with van der Waals surface area (Å²) in [4.78, 5) is 12.1. The van der Waals surface area contributed by atoms with Crippen molar-refractivity contribution in [1.29, 1.82) is 0 Å². The lowest BCUT2D eigenvalue weighted by molar-refractivity contribution is 0.102. The van der Waals surface area contributed by atoms with E-state index < -0.39 is 5.82 Å². The first-order valence-electron chi connectivity index (χ1n) is 5.19. The number of hydrogen-bond acceptors (Lipinski definition) is 1. The second-order valence-electron chi connectivity index (χ2n) is 3.70. The Bertz CT molecular complexity index is 651. The molecule has 0 aliphatic carbocycles. The van der Waals surface area contributed by atoms with Gasteiger partial charge in [-0.05, 0) is 74.9 Å². The number of halogens is 4. The molecule has 19 heavy (non-hydrogen) atoms. The molecule has 2 aromatic rings. The van der Waals surface area contributed by atoms with E-state index in [1.807, 2.05) is 6.07 Å². The Kier molecular flexibility index (Phi) is 4.81. The second kappa shape index (κ2) is 6.19. The smallest absolute Gasteiger partial charge is 0.256 e. The summed E-state index contributed by atoms with van der Waals surface area (Å²) in [5.74, 6) is -0.950. The van der Waals surface area contributed by atoms with E-state index >= 15 is 0 Å². The molecule has 0 unspecified atom stereocenters. The Morgan fingerprint density at radius 2 is 2.00 bits per heavy atom. The minimum atomic E-state index is -0.567. The first-order valence-corrected chi connectivity index (χ1v) is 7.44. The van der Waals surface area contributed by atoms with Gasteiger partial charge in [0.05, 0.1) is 11.3 Å². The molecule has 0 fully saturated rings. The molecule has 0 aromatic heterocycles. The van der Waals surface area contributed by atoms with Crippen LogP contribution in [0.25, 0.3) is 0 Å². The Morgan fingerprint density at radius 1 is 1.26 bits per heavy atom. The number of benzene rings is 2. The molecular weight excluding hydrogens is 447 g/mol. The SMILES string of the molecule is O=C(Nc1ccc(Cl)cc1F)c1cc(I)ccc1Br. The Hall–Kier alpha value is -0.660. The van der Waals surface area contributed by atoms with Gasteiger partial charge < -0.3 is 5.32 Å². The standard InChI is InChI=1S/C13H7BrClFINO/c14-10-3-2-8(17)6-9(10)13(19)18-12-4-1-7(15)5-11(12)16/h1-6H,(H,18,19). The van der Waals surface area contributed by atoms with Crippen molar-refractivity contribution in [2.75, 3.05) is 5.32 Å². The van der Waals surface area contributed by atoms with Crippen LogP contribution in [0.3, 0.4) is 0 Å². The normalized spacial score (nSPS) is 10.3. The highest BCUT2D eigenvalue weighted by molar-refractivity contribution is 14.1. The topological polar surface area (TPSA) is 29.1 Å². The van der Waals surface area contributed by atoms with Crippen LogP contribution in [0, 0.1) is 9.39 Å². The molecule has 2 nitrogen and oxygen atoms in total. The molecule has 0 aliphatic rings. The van der Waals surface area contributed by atoms with Gasteiger partial charge in [-0.25, -0.2) is 4.39 Å². The molecule has 0 atom stereocenters. The van der Waals surface area contributed by atoms with Crippen LogP contribution in [0.5, 0.6) is 0 Å².